The fourth-order valence-corrected chi connectivity index (χ4v) is 3.85. The lowest BCUT2D eigenvalue weighted by molar-refractivity contribution is 0.938. The highest BCUT2D eigenvalue weighted by Gasteiger charge is 2.12. The number of thiophene rings is 1. The molecule has 0 atom stereocenters. The van der Waals surface area contributed by atoms with Crippen LogP contribution in [0.1, 0.15) is 5.56 Å². The highest BCUT2D eigenvalue weighted by atomic mass is 35.5. The van der Waals surface area contributed by atoms with E-state index in [1.807, 2.05) is 35.7 Å². The van der Waals surface area contributed by atoms with Gasteiger partial charge in [-0.1, -0.05) is 41.1 Å². The third-order valence-corrected chi connectivity index (χ3v) is 5.13. The highest BCUT2D eigenvalue weighted by molar-refractivity contribution is 7.15. The maximum atomic E-state index is 12.4. The smallest absolute Gasteiger partial charge is 0.266 e. The summed E-state index contributed by atoms with van der Waals surface area (Å²) < 4.78 is 1.95. The molecule has 0 N–H and O–H groups in total. The SMILES string of the molecule is O=c1/c(=C\c2cccc(Cl)c2)sc2nc(-c3cccs3)nn12. The first-order chi connectivity index (χ1) is 10.7. The van der Waals surface area contributed by atoms with Crippen LogP contribution in [0.4, 0.5) is 0 Å². The average Bonchev–Trinajstić information content (AvgIpc) is 3.18. The fourth-order valence-electron chi connectivity index (χ4n) is 2.09. The Morgan fingerprint density at radius 1 is 1.23 bits per heavy atom. The minimum atomic E-state index is -0.157. The summed E-state index contributed by atoms with van der Waals surface area (Å²) in [7, 11) is 0. The number of nitrogens with zero attached hydrogens (tertiary/aromatic N) is 3. The molecule has 0 aliphatic rings. The summed E-state index contributed by atoms with van der Waals surface area (Å²) in [4.78, 5) is 18.4. The molecule has 0 saturated carbocycles. The van der Waals surface area contributed by atoms with E-state index in [1.165, 1.54) is 15.9 Å². The van der Waals surface area contributed by atoms with E-state index in [4.69, 9.17) is 11.6 Å². The lowest BCUT2D eigenvalue weighted by Gasteiger charge is -1.91. The van der Waals surface area contributed by atoms with Crippen LogP contribution in [0.5, 0.6) is 0 Å². The van der Waals surface area contributed by atoms with Crippen molar-refractivity contribution in [1.82, 2.24) is 14.6 Å². The van der Waals surface area contributed by atoms with Crippen LogP contribution in [0.3, 0.4) is 0 Å². The summed E-state index contributed by atoms with van der Waals surface area (Å²) in [5.41, 5.74) is 0.725. The second kappa shape index (κ2) is 5.31. The monoisotopic (exact) mass is 345 g/mol. The number of fused-ring (bicyclic) bond motifs is 1. The van der Waals surface area contributed by atoms with Crippen molar-refractivity contribution in [3.05, 3.63) is 67.3 Å². The quantitative estimate of drug-likeness (QED) is 0.561. The van der Waals surface area contributed by atoms with Crippen LogP contribution in [0, 0.1) is 0 Å². The molecular formula is C15H8ClN3OS2. The molecule has 1 aromatic carbocycles. The van der Waals surface area contributed by atoms with E-state index in [-0.39, 0.29) is 5.56 Å². The number of aromatic nitrogens is 3. The van der Waals surface area contributed by atoms with Crippen LogP contribution in [0.2, 0.25) is 5.02 Å². The summed E-state index contributed by atoms with van der Waals surface area (Å²) in [5.74, 6) is 0.590. The Labute approximate surface area is 137 Å². The summed E-state index contributed by atoms with van der Waals surface area (Å²) in [6, 6.07) is 11.2. The molecule has 3 heterocycles. The van der Waals surface area contributed by atoms with E-state index >= 15 is 0 Å². The zero-order valence-corrected chi connectivity index (χ0v) is 13.5. The van der Waals surface area contributed by atoms with Gasteiger partial charge in [-0.2, -0.15) is 9.50 Å². The normalized spacial score (nSPS) is 12.3. The van der Waals surface area contributed by atoms with E-state index in [9.17, 15) is 4.79 Å². The molecule has 4 rings (SSSR count). The number of halogens is 1. The Morgan fingerprint density at radius 3 is 2.86 bits per heavy atom. The first-order valence-corrected chi connectivity index (χ1v) is 8.49. The number of hydrogen-bond donors (Lipinski definition) is 0. The number of hydrogen-bond acceptors (Lipinski definition) is 5. The Hall–Kier alpha value is -2.02. The molecule has 4 aromatic rings. The molecular weight excluding hydrogens is 338 g/mol. The molecule has 0 fully saturated rings. The predicted molar refractivity (Wildman–Crippen MR) is 90.7 cm³/mol. The van der Waals surface area contributed by atoms with Gasteiger partial charge in [0, 0.05) is 5.02 Å². The van der Waals surface area contributed by atoms with Gasteiger partial charge in [-0.25, -0.2) is 0 Å². The van der Waals surface area contributed by atoms with Crippen LogP contribution in [0.15, 0.2) is 46.6 Å². The van der Waals surface area contributed by atoms with E-state index in [2.05, 4.69) is 10.1 Å². The Kier molecular flexibility index (Phi) is 3.29. The topological polar surface area (TPSA) is 47.3 Å². The minimum absolute atomic E-state index is 0.157. The van der Waals surface area contributed by atoms with Gasteiger partial charge in [0.15, 0.2) is 5.82 Å². The van der Waals surface area contributed by atoms with Crippen molar-refractivity contribution in [2.75, 3.05) is 0 Å². The van der Waals surface area contributed by atoms with Gasteiger partial charge in [0.05, 0.1) is 9.41 Å². The van der Waals surface area contributed by atoms with Crippen molar-refractivity contribution in [3.8, 4) is 10.7 Å². The predicted octanol–water partition coefficient (Wildman–Crippen LogP) is 3.08. The van der Waals surface area contributed by atoms with Gasteiger partial charge in [0.25, 0.3) is 5.56 Å². The standard InChI is InChI=1S/C15H8ClN3OS2/c16-10-4-1-3-9(7-10)8-12-14(20)19-15(22-12)17-13(18-19)11-5-2-6-21-11/h1-8H/b12-8+. The van der Waals surface area contributed by atoms with Crippen LogP contribution in [0.25, 0.3) is 21.7 Å². The van der Waals surface area contributed by atoms with Crippen LogP contribution in [-0.4, -0.2) is 14.6 Å². The lowest BCUT2D eigenvalue weighted by Crippen LogP contribution is -2.23. The van der Waals surface area contributed by atoms with Gasteiger partial charge in [-0.3, -0.25) is 4.79 Å². The number of rotatable bonds is 2. The first kappa shape index (κ1) is 13.6. The number of benzene rings is 1. The van der Waals surface area contributed by atoms with Crippen molar-refractivity contribution in [2.45, 2.75) is 0 Å². The zero-order valence-electron chi connectivity index (χ0n) is 11.1. The molecule has 0 radical (unpaired) electrons. The van der Waals surface area contributed by atoms with E-state index in [0.29, 0.717) is 20.3 Å². The molecule has 0 spiro atoms. The number of thiazole rings is 1. The van der Waals surface area contributed by atoms with Gasteiger partial charge in [0.1, 0.15) is 0 Å². The summed E-state index contributed by atoms with van der Waals surface area (Å²) >= 11 is 8.84. The molecule has 0 aliphatic carbocycles. The molecule has 22 heavy (non-hydrogen) atoms. The molecule has 4 nitrogen and oxygen atoms in total. The van der Waals surface area contributed by atoms with E-state index in [0.717, 1.165) is 10.4 Å². The lowest BCUT2D eigenvalue weighted by atomic mass is 10.2. The van der Waals surface area contributed by atoms with E-state index < -0.39 is 0 Å². The zero-order chi connectivity index (χ0) is 15.1. The van der Waals surface area contributed by atoms with Gasteiger partial charge < -0.3 is 0 Å². The summed E-state index contributed by atoms with van der Waals surface area (Å²) in [6.07, 6.45) is 1.81. The molecule has 0 amide bonds. The van der Waals surface area contributed by atoms with Gasteiger partial charge in [-0.05, 0) is 35.2 Å². The molecule has 3 aromatic heterocycles. The van der Waals surface area contributed by atoms with Crippen molar-refractivity contribution in [3.63, 3.8) is 0 Å². The second-order valence-corrected chi connectivity index (χ2v) is 6.97. The maximum Gasteiger partial charge on any atom is 0.291 e. The van der Waals surface area contributed by atoms with Crippen molar-refractivity contribution < 1.29 is 0 Å². The fraction of sp³-hybridized carbons (Fsp3) is 0. The Morgan fingerprint density at radius 2 is 2.14 bits per heavy atom. The summed E-state index contributed by atoms with van der Waals surface area (Å²) in [6.45, 7) is 0. The molecule has 0 unspecified atom stereocenters. The van der Waals surface area contributed by atoms with Crippen LogP contribution < -0.4 is 10.1 Å². The maximum absolute atomic E-state index is 12.4. The third-order valence-electron chi connectivity index (χ3n) is 3.07. The summed E-state index contributed by atoms with van der Waals surface area (Å²) in [5, 5.41) is 6.90. The molecule has 0 aliphatic heterocycles. The Bertz CT molecular complexity index is 1070. The van der Waals surface area contributed by atoms with E-state index in [1.54, 1.807) is 23.5 Å². The van der Waals surface area contributed by atoms with Crippen molar-refractivity contribution in [1.29, 1.82) is 0 Å². The van der Waals surface area contributed by atoms with Gasteiger partial charge >= 0.3 is 0 Å². The molecule has 108 valence electrons. The van der Waals surface area contributed by atoms with Crippen molar-refractivity contribution >= 4 is 45.3 Å². The van der Waals surface area contributed by atoms with Crippen molar-refractivity contribution in [2.24, 2.45) is 0 Å². The molecule has 0 bridgehead atoms. The first-order valence-electron chi connectivity index (χ1n) is 6.41. The van der Waals surface area contributed by atoms with Gasteiger partial charge in [0.2, 0.25) is 4.96 Å². The largest absolute Gasteiger partial charge is 0.291 e. The highest BCUT2D eigenvalue weighted by Crippen LogP contribution is 2.21. The minimum Gasteiger partial charge on any atom is -0.266 e. The van der Waals surface area contributed by atoms with Gasteiger partial charge in [-0.15, -0.1) is 16.4 Å². The second-order valence-electron chi connectivity index (χ2n) is 4.58. The average molecular weight is 346 g/mol. The molecule has 0 saturated heterocycles. The Balaban J connectivity index is 1.86. The van der Waals surface area contributed by atoms with Crippen LogP contribution in [-0.2, 0) is 0 Å². The molecule has 7 heteroatoms. The third kappa shape index (κ3) is 2.35. The van der Waals surface area contributed by atoms with Crippen LogP contribution >= 0.6 is 34.3 Å².